The van der Waals surface area contributed by atoms with Gasteiger partial charge in [0.2, 0.25) is 0 Å². The number of amides is 1. The lowest BCUT2D eigenvalue weighted by Crippen LogP contribution is -2.54. The molecule has 0 atom stereocenters. The van der Waals surface area contributed by atoms with Crippen LogP contribution in [-0.4, -0.2) is 45.6 Å². The Hall–Kier alpha value is -2.62. The van der Waals surface area contributed by atoms with Crippen LogP contribution in [0.2, 0.25) is 0 Å². The van der Waals surface area contributed by atoms with Gasteiger partial charge in [-0.3, -0.25) is 10.2 Å². The van der Waals surface area contributed by atoms with Crippen LogP contribution in [0.4, 0.5) is 10.6 Å². The third-order valence-corrected chi connectivity index (χ3v) is 2.32. The van der Waals surface area contributed by atoms with Gasteiger partial charge in [0.1, 0.15) is 18.6 Å². The number of ether oxygens (including phenoxy) is 1. The molecule has 0 radical (unpaired) electrons. The first-order valence-electron chi connectivity index (χ1n) is 5.37. The number of anilines is 1. The normalized spacial score (nSPS) is 13.7. The molecule has 0 unspecified atom stereocenters. The molecule has 1 aliphatic heterocycles. The fourth-order valence-corrected chi connectivity index (χ4v) is 1.52. The third-order valence-electron chi connectivity index (χ3n) is 2.32. The minimum atomic E-state index is -1.02. The molecule has 0 spiro atoms. The number of carbonyl (C=O) groups excluding carboxylic acids is 2. The first-order valence-corrected chi connectivity index (χ1v) is 5.37. The van der Waals surface area contributed by atoms with Crippen molar-refractivity contribution in [3.63, 3.8) is 0 Å². The molecule has 1 aromatic heterocycles. The topological polar surface area (TPSA) is 135 Å². The van der Waals surface area contributed by atoms with E-state index < -0.39 is 17.9 Å². The fourth-order valence-electron chi connectivity index (χ4n) is 1.52. The number of hydrazine groups is 2. The molecule has 10 nitrogen and oxygen atoms in total. The maximum Gasteiger partial charge on any atom is 0.347 e. The van der Waals surface area contributed by atoms with Gasteiger partial charge in [0.05, 0.1) is 6.61 Å². The van der Waals surface area contributed by atoms with Crippen LogP contribution in [0, 0.1) is 5.41 Å². The molecular weight excluding hydrogens is 256 g/mol. The molecule has 1 amide bonds. The van der Waals surface area contributed by atoms with Crippen LogP contribution in [0.5, 0.6) is 0 Å². The molecule has 3 N–H and O–H groups in total. The summed E-state index contributed by atoms with van der Waals surface area (Å²) in [6.45, 7) is 1.56. The van der Waals surface area contributed by atoms with Crippen molar-refractivity contribution >= 4 is 23.7 Å². The van der Waals surface area contributed by atoms with Crippen LogP contribution in [0.25, 0.3) is 0 Å². The Kier molecular flexibility index (Phi) is 3.33. The van der Waals surface area contributed by atoms with Gasteiger partial charge in [0.15, 0.2) is 5.82 Å². The Labute approximate surface area is 107 Å². The highest BCUT2D eigenvalue weighted by atomic mass is 16.5. The molecule has 10 heteroatoms. The number of fused-ring (bicyclic) bond motifs is 1. The predicted octanol–water partition coefficient (Wildman–Crippen LogP) is -1.75. The fraction of sp³-hybridized carbons (Fsp3) is 0.333. The lowest BCUT2D eigenvalue weighted by atomic mass is 10.4. The summed E-state index contributed by atoms with van der Waals surface area (Å²) in [5.74, 6) is -1.54. The van der Waals surface area contributed by atoms with Gasteiger partial charge in [0, 0.05) is 5.90 Å². The second-order valence-corrected chi connectivity index (χ2v) is 3.55. The van der Waals surface area contributed by atoms with E-state index in [-0.39, 0.29) is 24.7 Å². The van der Waals surface area contributed by atoms with Gasteiger partial charge >= 0.3 is 12.0 Å². The zero-order valence-electron chi connectivity index (χ0n) is 9.97. The van der Waals surface area contributed by atoms with Crippen molar-refractivity contribution in [1.29, 1.82) is 5.41 Å². The van der Waals surface area contributed by atoms with Gasteiger partial charge in [-0.05, 0) is 6.92 Å². The number of nitrogens with one attached hydrogen (secondary N) is 3. The summed E-state index contributed by atoms with van der Waals surface area (Å²) in [4.78, 5) is 26.9. The molecule has 2 heterocycles. The molecule has 0 aromatic carbocycles. The molecular formula is C9H11N6O4-. The number of hydrogen-bond donors (Lipinski definition) is 3. The molecule has 19 heavy (non-hydrogen) atoms. The zero-order chi connectivity index (χ0) is 14.0. The van der Waals surface area contributed by atoms with E-state index in [0.717, 1.165) is 15.9 Å². The maximum atomic E-state index is 12.0. The van der Waals surface area contributed by atoms with Crippen molar-refractivity contribution in [3.8, 4) is 0 Å². The number of imidazole rings is 1. The summed E-state index contributed by atoms with van der Waals surface area (Å²) in [5, 5.41) is 18.9. The minimum absolute atomic E-state index is 0.0603. The first-order chi connectivity index (χ1) is 9.04. The standard InChI is InChI=1S/C9H12N6O4/c1-2-19-5(16)3-15-9(18)14-4-11-6(7(10)17)8(14)12-13-15/h4,12-13H,2-3H2,1H3,(H2,10,17)/p-1. The third kappa shape index (κ3) is 2.33. The molecule has 1 aromatic rings. The molecule has 0 bridgehead atoms. The van der Waals surface area contributed by atoms with E-state index in [1.54, 1.807) is 6.92 Å². The quantitative estimate of drug-likeness (QED) is 0.334. The lowest BCUT2D eigenvalue weighted by Gasteiger charge is -2.29. The van der Waals surface area contributed by atoms with Crippen LogP contribution < -0.4 is 16.1 Å². The van der Waals surface area contributed by atoms with Gasteiger partial charge in [0.25, 0.3) is 0 Å². The smallest absolute Gasteiger partial charge is 0.347 e. The molecule has 0 saturated carbocycles. The largest absolute Gasteiger partial charge is 0.858 e. The van der Waals surface area contributed by atoms with E-state index in [0.29, 0.717) is 0 Å². The second-order valence-electron chi connectivity index (χ2n) is 3.55. The van der Waals surface area contributed by atoms with Crippen molar-refractivity contribution in [2.75, 3.05) is 18.6 Å². The monoisotopic (exact) mass is 267 g/mol. The van der Waals surface area contributed by atoms with E-state index in [2.05, 4.69) is 15.9 Å². The molecule has 0 aliphatic carbocycles. The lowest BCUT2D eigenvalue weighted by molar-refractivity contribution is -0.214. The molecule has 0 saturated heterocycles. The number of esters is 1. The Bertz CT molecular complexity index is 539. The first kappa shape index (κ1) is 12.8. The van der Waals surface area contributed by atoms with Crippen LogP contribution in [-0.2, 0) is 9.53 Å². The van der Waals surface area contributed by atoms with Gasteiger partial charge in [-0.25, -0.2) is 19.4 Å². The van der Waals surface area contributed by atoms with E-state index in [1.807, 2.05) is 0 Å². The van der Waals surface area contributed by atoms with Crippen molar-refractivity contribution in [1.82, 2.24) is 20.1 Å². The summed E-state index contributed by atoms with van der Waals surface area (Å²) >= 11 is 0. The number of nitrogens with zero attached hydrogens (tertiary/aromatic N) is 3. The van der Waals surface area contributed by atoms with Gasteiger partial charge in [-0.15, -0.1) is 5.53 Å². The predicted molar refractivity (Wildman–Crippen MR) is 59.9 cm³/mol. The van der Waals surface area contributed by atoms with Crippen molar-refractivity contribution < 1.29 is 19.4 Å². The highest BCUT2D eigenvalue weighted by molar-refractivity contribution is 5.95. The van der Waals surface area contributed by atoms with Crippen LogP contribution in [0.3, 0.4) is 0 Å². The summed E-state index contributed by atoms with van der Waals surface area (Å²) in [7, 11) is 0. The molecule has 1 aliphatic rings. The minimum Gasteiger partial charge on any atom is -0.858 e. The van der Waals surface area contributed by atoms with Gasteiger partial charge < -0.3 is 15.3 Å². The molecule has 0 fully saturated rings. The Balaban J connectivity index is 2.16. The number of hydrogen-bond acceptors (Lipinski definition) is 8. The number of aromatic nitrogens is 2. The highest BCUT2D eigenvalue weighted by Crippen LogP contribution is 2.16. The van der Waals surface area contributed by atoms with Crippen LogP contribution in [0.1, 0.15) is 12.6 Å². The summed E-state index contributed by atoms with van der Waals surface area (Å²) in [5.41, 5.74) is 4.78. The Morgan fingerprint density at radius 1 is 1.63 bits per heavy atom. The van der Waals surface area contributed by atoms with Crippen molar-refractivity contribution in [2.45, 2.75) is 6.92 Å². The van der Waals surface area contributed by atoms with Crippen LogP contribution in [0.15, 0.2) is 6.33 Å². The summed E-state index contributed by atoms with van der Waals surface area (Å²) in [6.07, 6.45) is 1.10. The average Bonchev–Trinajstić information content (AvgIpc) is 2.77. The average molecular weight is 267 g/mol. The molecule has 102 valence electrons. The number of carbonyl (C=O) groups is 2. The summed E-state index contributed by atoms with van der Waals surface area (Å²) < 4.78 is 5.74. The number of rotatable bonds is 4. The Morgan fingerprint density at radius 3 is 3.00 bits per heavy atom. The maximum absolute atomic E-state index is 12.0. The van der Waals surface area contributed by atoms with E-state index in [9.17, 15) is 14.7 Å². The highest BCUT2D eigenvalue weighted by Gasteiger charge is 2.28. The van der Waals surface area contributed by atoms with Gasteiger partial charge in [-0.1, -0.05) is 0 Å². The Morgan fingerprint density at radius 2 is 2.37 bits per heavy atom. The van der Waals surface area contributed by atoms with E-state index >= 15 is 0 Å². The van der Waals surface area contributed by atoms with Gasteiger partial charge in [-0.2, -0.15) is 0 Å². The SMILES string of the molecule is CCOC(=O)CN1NNc2c(C(=N)[O-])ncn2C1=O. The van der Waals surface area contributed by atoms with Crippen LogP contribution >= 0.6 is 0 Å². The second kappa shape index (κ2) is 4.94. The molecule has 2 rings (SSSR count). The van der Waals surface area contributed by atoms with E-state index in [4.69, 9.17) is 10.1 Å². The summed E-state index contributed by atoms with van der Waals surface area (Å²) in [6, 6.07) is -0.609. The van der Waals surface area contributed by atoms with Crippen molar-refractivity contribution in [3.05, 3.63) is 12.0 Å². The van der Waals surface area contributed by atoms with E-state index in [1.165, 1.54) is 0 Å². The van der Waals surface area contributed by atoms with Crippen molar-refractivity contribution in [2.24, 2.45) is 0 Å². The zero-order valence-corrected chi connectivity index (χ0v) is 9.97.